The number of hydrogen-bond donors (Lipinski definition) is 2. The lowest BCUT2D eigenvalue weighted by Crippen LogP contribution is -2.09. The molecule has 0 spiro atoms. The van der Waals surface area contributed by atoms with E-state index in [1.165, 1.54) is 0 Å². The molecule has 2 nitrogen and oxygen atoms in total. The van der Waals surface area contributed by atoms with E-state index in [1.807, 2.05) is 12.1 Å². The van der Waals surface area contributed by atoms with Gasteiger partial charge in [0, 0.05) is 17.1 Å². The average Bonchev–Trinajstić information content (AvgIpc) is 2.10. The van der Waals surface area contributed by atoms with Crippen molar-refractivity contribution in [2.75, 3.05) is 5.75 Å². The lowest BCUT2D eigenvalue weighted by atomic mass is 10.4. The summed E-state index contributed by atoms with van der Waals surface area (Å²) in [5.41, 5.74) is 5.23. The van der Waals surface area contributed by atoms with Crippen LogP contribution in [0.3, 0.4) is 0 Å². The van der Waals surface area contributed by atoms with Gasteiger partial charge >= 0.3 is 0 Å². The Balaban J connectivity index is 2.51. The number of thioether (sulfide) groups is 1. The number of benzene rings is 1. The maximum Gasteiger partial charge on any atom is 0.0913 e. The summed E-state index contributed by atoms with van der Waals surface area (Å²) >= 11 is 13.2. The average molecular weight is 249 g/mol. The van der Waals surface area contributed by atoms with E-state index in [0.29, 0.717) is 16.5 Å². The van der Waals surface area contributed by atoms with Gasteiger partial charge in [0.1, 0.15) is 0 Å². The molecule has 0 bridgehead atoms. The molecule has 3 N–H and O–H groups in total. The predicted molar refractivity (Wildman–Crippen MR) is 63.7 cm³/mol. The monoisotopic (exact) mass is 248 g/mol. The van der Waals surface area contributed by atoms with E-state index in [-0.39, 0.29) is 5.84 Å². The second-order valence-corrected chi connectivity index (χ2v) is 4.68. The molecule has 1 rings (SSSR count). The first-order chi connectivity index (χ1) is 6.59. The Labute approximate surface area is 97.3 Å². The third-order valence-corrected chi connectivity index (χ3v) is 3.27. The third-order valence-electron chi connectivity index (χ3n) is 1.53. The van der Waals surface area contributed by atoms with Crippen LogP contribution in [-0.2, 0) is 0 Å². The molecule has 76 valence electrons. The number of hydrogen-bond acceptors (Lipinski definition) is 2. The zero-order valence-electron chi connectivity index (χ0n) is 7.39. The topological polar surface area (TPSA) is 49.9 Å². The smallest absolute Gasteiger partial charge is 0.0913 e. The molecule has 0 heterocycles. The van der Waals surface area contributed by atoms with E-state index in [9.17, 15) is 0 Å². The van der Waals surface area contributed by atoms with Crippen molar-refractivity contribution in [3.63, 3.8) is 0 Å². The molecule has 0 saturated heterocycles. The Kier molecular flexibility index (Phi) is 4.58. The summed E-state index contributed by atoms with van der Waals surface area (Å²) in [6.45, 7) is 0. The van der Waals surface area contributed by atoms with Crippen molar-refractivity contribution in [3.05, 3.63) is 28.2 Å². The molecule has 0 aliphatic heterocycles. The maximum absolute atomic E-state index is 7.05. The minimum atomic E-state index is 0.206. The van der Waals surface area contributed by atoms with Crippen LogP contribution in [0.25, 0.3) is 0 Å². The van der Waals surface area contributed by atoms with Gasteiger partial charge in [-0.3, -0.25) is 5.41 Å². The Bertz CT molecular complexity index is 342. The standard InChI is InChI=1S/C9H10Cl2N2S/c10-7-2-1-6(5-8(7)11)14-4-3-9(12)13/h1-2,5H,3-4H2,(H3,12,13). The quantitative estimate of drug-likeness (QED) is 0.488. The van der Waals surface area contributed by atoms with Gasteiger partial charge < -0.3 is 5.73 Å². The van der Waals surface area contributed by atoms with E-state index in [1.54, 1.807) is 17.8 Å². The van der Waals surface area contributed by atoms with E-state index in [2.05, 4.69) is 0 Å². The van der Waals surface area contributed by atoms with Gasteiger partial charge in [-0.15, -0.1) is 11.8 Å². The van der Waals surface area contributed by atoms with Crippen molar-refractivity contribution in [1.29, 1.82) is 5.41 Å². The lowest BCUT2D eigenvalue weighted by Gasteiger charge is -2.02. The van der Waals surface area contributed by atoms with Crippen molar-refractivity contribution in [1.82, 2.24) is 0 Å². The molecule has 1 aromatic carbocycles. The highest BCUT2D eigenvalue weighted by atomic mass is 35.5. The minimum Gasteiger partial charge on any atom is -0.388 e. The second kappa shape index (κ2) is 5.49. The van der Waals surface area contributed by atoms with Crippen LogP contribution in [0.4, 0.5) is 0 Å². The van der Waals surface area contributed by atoms with Crippen molar-refractivity contribution < 1.29 is 0 Å². The summed E-state index contributed by atoms with van der Waals surface area (Å²) in [4.78, 5) is 1.04. The summed E-state index contributed by atoms with van der Waals surface area (Å²) < 4.78 is 0. The fourth-order valence-corrected chi connectivity index (χ4v) is 2.13. The van der Waals surface area contributed by atoms with Crippen LogP contribution in [0.15, 0.2) is 23.1 Å². The van der Waals surface area contributed by atoms with Gasteiger partial charge in [0.05, 0.1) is 15.9 Å². The van der Waals surface area contributed by atoms with Crippen molar-refractivity contribution >= 4 is 40.8 Å². The first-order valence-corrected chi connectivity index (χ1v) is 5.74. The third kappa shape index (κ3) is 3.78. The largest absolute Gasteiger partial charge is 0.388 e. The highest BCUT2D eigenvalue weighted by molar-refractivity contribution is 7.99. The van der Waals surface area contributed by atoms with Gasteiger partial charge in [0.25, 0.3) is 0 Å². The zero-order chi connectivity index (χ0) is 10.6. The second-order valence-electron chi connectivity index (χ2n) is 2.70. The highest BCUT2D eigenvalue weighted by Gasteiger charge is 2.00. The van der Waals surface area contributed by atoms with Gasteiger partial charge in [-0.25, -0.2) is 0 Å². The van der Waals surface area contributed by atoms with Crippen LogP contribution in [0.2, 0.25) is 10.0 Å². The zero-order valence-corrected chi connectivity index (χ0v) is 9.72. The summed E-state index contributed by atoms with van der Waals surface area (Å²) in [5.74, 6) is 0.991. The molecule has 0 unspecified atom stereocenters. The van der Waals surface area contributed by atoms with Crippen LogP contribution >= 0.6 is 35.0 Å². The van der Waals surface area contributed by atoms with Gasteiger partial charge in [0.15, 0.2) is 0 Å². The number of amidine groups is 1. The first-order valence-electron chi connectivity index (χ1n) is 4.00. The first kappa shape index (κ1) is 11.7. The molecule has 0 amide bonds. The fourth-order valence-electron chi connectivity index (χ4n) is 0.845. The van der Waals surface area contributed by atoms with Crippen molar-refractivity contribution in [2.24, 2.45) is 5.73 Å². The lowest BCUT2D eigenvalue weighted by molar-refractivity contribution is 1.22. The summed E-state index contributed by atoms with van der Waals surface area (Å²) in [7, 11) is 0. The number of nitrogens with two attached hydrogens (primary N) is 1. The number of halogens is 2. The molecule has 0 aromatic heterocycles. The van der Waals surface area contributed by atoms with Gasteiger partial charge in [0.2, 0.25) is 0 Å². The molecule has 5 heteroatoms. The molecular formula is C9H10Cl2N2S. The van der Waals surface area contributed by atoms with Crippen LogP contribution in [0, 0.1) is 5.41 Å². The molecule has 14 heavy (non-hydrogen) atoms. The van der Waals surface area contributed by atoms with Crippen molar-refractivity contribution in [2.45, 2.75) is 11.3 Å². The summed E-state index contributed by atoms with van der Waals surface area (Å²) in [6.07, 6.45) is 0.588. The SMILES string of the molecule is N=C(N)CCSc1ccc(Cl)c(Cl)c1. The molecule has 0 aliphatic rings. The van der Waals surface area contributed by atoms with Crippen LogP contribution < -0.4 is 5.73 Å². The number of rotatable bonds is 4. The van der Waals surface area contributed by atoms with Gasteiger partial charge in [-0.1, -0.05) is 23.2 Å². The summed E-state index contributed by atoms with van der Waals surface area (Å²) in [5, 5.41) is 8.17. The minimum absolute atomic E-state index is 0.206. The van der Waals surface area contributed by atoms with Crippen LogP contribution in [0.1, 0.15) is 6.42 Å². The van der Waals surface area contributed by atoms with Crippen molar-refractivity contribution in [3.8, 4) is 0 Å². The normalized spacial score (nSPS) is 10.1. The predicted octanol–water partition coefficient (Wildman–Crippen LogP) is 3.41. The molecule has 0 aliphatic carbocycles. The highest BCUT2D eigenvalue weighted by Crippen LogP contribution is 2.28. The van der Waals surface area contributed by atoms with E-state index >= 15 is 0 Å². The molecule has 0 fully saturated rings. The summed E-state index contributed by atoms with van der Waals surface area (Å²) in [6, 6.07) is 5.48. The maximum atomic E-state index is 7.05. The van der Waals surface area contributed by atoms with Gasteiger partial charge in [-0.05, 0) is 18.2 Å². The molecule has 0 radical (unpaired) electrons. The van der Waals surface area contributed by atoms with E-state index < -0.39 is 0 Å². The molecule has 1 aromatic rings. The Morgan fingerprint density at radius 1 is 1.36 bits per heavy atom. The molecule has 0 atom stereocenters. The molecule has 0 saturated carbocycles. The number of nitrogens with one attached hydrogen (secondary N) is 1. The Hall–Kier alpha value is -0.380. The molecular weight excluding hydrogens is 239 g/mol. The fraction of sp³-hybridized carbons (Fsp3) is 0.222. The van der Waals surface area contributed by atoms with E-state index in [4.69, 9.17) is 34.3 Å². The Morgan fingerprint density at radius 2 is 2.07 bits per heavy atom. The Morgan fingerprint density at radius 3 is 2.64 bits per heavy atom. The van der Waals surface area contributed by atoms with E-state index in [0.717, 1.165) is 10.6 Å². The van der Waals surface area contributed by atoms with Gasteiger partial charge in [-0.2, -0.15) is 0 Å². The van der Waals surface area contributed by atoms with Crippen LogP contribution in [0.5, 0.6) is 0 Å². The van der Waals surface area contributed by atoms with Crippen LogP contribution in [-0.4, -0.2) is 11.6 Å².